The number of benzene rings is 1. The molecule has 2 aromatic rings. The maximum absolute atomic E-state index is 11.8. The third kappa shape index (κ3) is 2.28. The predicted molar refractivity (Wildman–Crippen MR) is 68.2 cm³/mol. The Kier molecular flexibility index (Phi) is 3.21. The minimum absolute atomic E-state index is 0.165. The molecule has 0 fully saturated rings. The number of amides is 1. The van der Waals surface area contributed by atoms with Gasteiger partial charge in [0.15, 0.2) is 0 Å². The lowest BCUT2D eigenvalue weighted by Gasteiger charge is -2.06. The first-order chi connectivity index (χ1) is 8.61. The Hall–Kier alpha value is -2.46. The number of anilines is 2. The number of nitrogen functional groups attached to an aromatic ring is 1. The molecule has 0 aliphatic carbocycles. The predicted octanol–water partition coefficient (Wildman–Crippen LogP) is 1.55. The van der Waals surface area contributed by atoms with E-state index in [-0.39, 0.29) is 10.1 Å². The molecule has 0 atom stereocenters. The van der Waals surface area contributed by atoms with Crippen molar-refractivity contribution in [2.24, 2.45) is 0 Å². The van der Waals surface area contributed by atoms with E-state index in [0.29, 0.717) is 11.3 Å². The summed E-state index contributed by atoms with van der Waals surface area (Å²) in [6.07, 6.45) is 0. The van der Waals surface area contributed by atoms with Gasteiger partial charge in [-0.15, -0.1) is 10.2 Å². The maximum Gasteiger partial charge on any atom is 0.286 e. The van der Waals surface area contributed by atoms with Crippen molar-refractivity contribution in [1.29, 1.82) is 5.26 Å². The number of nitrogens with zero attached hydrogens (tertiary/aromatic N) is 3. The third-order valence-electron chi connectivity index (χ3n) is 2.27. The quantitative estimate of drug-likeness (QED) is 0.851. The Balaban J connectivity index is 2.28. The van der Waals surface area contributed by atoms with Crippen molar-refractivity contribution in [3.05, 3.63) is 34.3 Å². The number of nitrogens with two attached hydrogens (primary N) is 1. The molecule has 0 saturated carbocycles. The van der Waals surface area contributed by atoms with E-state index < -0.39 is 5.91 Å². The van der Waals surface area contributed by atoms with Crippen LogP contribution in [0.1, 0.15) is 20.9 Å². The molecule has 2 rings (SSSR count). The first kappa shape index (κ1) is 12.0. The van der Waals surface area contributed by atoms with Crippen LogP contribution in [0.4, 0.5) is 10.8 Å². The average Bonchev–Trinajstić information content (AvgIpc) is 2.76. The fourth-order valence-electron chi connectivity index (χ4n) is 1.42. The number of nitrogens with one attached hydrogen (secondary N) is 1. The molecule has 0 aliphatic rings. The van der Waals surface area contributed by atoms with Crippen LogP contribution in [0.5, 0.6) is 0 Å². The molecule has 0 radical (unpaired) electrons. The fourth-order valence-corrected chi connectivity index (χ4v) is 1.93. The van der Waals surface area contributed by atoms with Gasteiger partial charge in [-0.1, -0.05) is 23.5 Å². The molecule has 0 spiro atoms. The fraction of sp³-hybridized carbons (Fsp3) is 0.0909. The number of aryl methyl sites for hydroxylation is 1. The molecule has 6 nitrogen and oxygen atoms in total. The SMILES string of the molecule is Cc1cccc(NC(=O)c2nnc(N)s2)c1C#N. The van der Waals surface area contributed by atoms with Crippen LogP contribution >= 0.6 is 11.3 Å². The molecule has 18 heavy (non-hydrogen) atoms. The second-order valence-electron chi connectivity index (χ2n) is 3.51. The summed E-state index contributed by atoms with van der Waals surface area (Å²) < 4.78 is 0. The van der Waals surface area contributed by atoms with Gasteiger partial charge in [0.2, 0.25) is 10.1 Å². The summed E-state index contributed by atoms with van der Waals surface area (Å²) in [5.41, 5.74) is 7.09. The molecule has 7 heteroatoms. The van der Waals surface area contributed by atoms with Crippen LogP contribution in [-0.4, -0.2) is 16.1 Å². The lowest BCUT2D eigenvalue weighted by molar-refractivity contribution is 0.102. The van der Waals surface area contributed by atoms with E-state index in [0.717, 1.165) is 16.9 Å². The van der Waals surface area contributed by atoms with Gasteiger partial charge in [-0.3, -0.25) is 4.79 Å². The number of carbonyl (C=O) groups is 1. The molecule has 1 heterocycles. The second kappa shape index (κ2) is 4.81. The summed E-state index contributed by atoms with van der Waals surface area (Å²) >= 11 is 0.993. The molecule has 1 amide bonds. The summed E-state index contributed by atoms with van der Waals surface area (Å²) in [6, 6.07) is 7.28. The van der Waals surface area contributed by atoms with E-state index in [4.69, 9.17) is 11.0 Å². The van der Waals surface area contributed by atoms with Crippen LogP contribution in [0.2, 0.25) is 0 Å². The minimum Gasteiger partial charge on any atom is -0.374 e. The second-order valence-corrected chi connectivity index (χ2v) is 4.52. The van der Waals surface area contributed by atoms with Crippen LogP contribution in [0.25, 0.3) is 0 Å². The number of hydrogen-bond acceptors (Lipinski definition) is 6. The maximum atomic E-state index is 11.8. The van der Waals surface area contributed by atoms with Gasteiger partial charge in [-0.2, -0.15) is 5.26 Å². The molecule has 0 saturated heterocycles. The Morgan fingerprint density at radius 3 is 2.89 bits per heavy atom. The average molecular weight is 259 g/mol. The van der Waals surface area contributed by atoms with E-state index >= 15 is 0 Å². The zero-order chi connectivity index (χ0) is 13.1. The van der Waals surface area contributed by atoms with Crippen molar-refractivity contribution in [1.82, 2.24) is 10.2 Å². The highest BCUT2D eigenvalue weighted by Gasteiger charge is 2.14. The van der Waals surface area contributed by atoms with Crippen LogP contribution in [0, 0.1) is 18.3 Å². The summed E-state index contributed by atoms with van der Waals surface area (Å²) in [5.74, 6) is -0.425. The van der Waals surface area contributed by atoms with Gasteiger partial charge >= 0.3 is 0 Å². The van der Waals surface area contributed by atoms with Crippen molar-refractivity contribution in [2.75, 3.05) is 11.1 Å². The molecule has 1 aromatic carbocycles. The summed E-state index contributed by atoms with van der Waals surface area (Å²) in [6.45, 7) is 1.80. The molecule has 0 aliphatic heterocycles. The zero-order valence-corrected chi connectivity index (χ0v) is 10.3. The van der Waals surface area contributed by atoms with E-state index in [1.165, 1.54) is 0 Å². The number of rotatable bonds is 2. The Morgan fingerprint density at radius 2 is 2.28 bits per heavy atom. The van der Waals surface area contributed by atoms with E-state index in [1.807, 2.05) is 0 Å². The van der Waals surface area contributed by atoms with Crippen LogP contribution in [0.15, 0.2) is 18.2 Å². The molecule has 90 valence electrons. The van der Waals surface area contributed by atoms with Crippen molar-refractivity contribution >= 4 is 28.1 Å². The topological polar surface area (TPSA) is 105 Å². The van der Waals surface area contributed by atoms with Crippen LogP contribution < -0.4 is 11.1 Å². The number of hydrogen-bond donors (Lipinski definition) is 2. The molecule has 0 bridgehead atoms. The van der Waals surface area contributed by atoms with Gasteiger partial charge in [0.1, 0.15) is 6.07 Å². The zero-order valence-electron chi connectivity index (χ0n) is 9.47. The largest absolute Gasteiger partial charge is 0.374 e. The minimum atomic E-state index is -0.425. The van der Waals surface area contributed by atoms with Gasteiger partial charge in [0, 0.05) is 0 Å². The Bertz CT molecular complexity index is 643. The highest BCUT2D eigenvalue weighted by molar-refractivity contribution is 7.16. The normalized spacial score (nSPS) is 9.78. The van der Waals surface area contributed by atoms with E-state index in [1.54, 1.807) is 25.1 Å². The number of nitriles is 1. The summed E-state index contributed by atoms with van der Waals surface area (Å²) in [5, 5.41) is 19.3. The van der Waals surface area contributed by atoms with Gasteiger partial charge in [-0.25, -0.2) is 0 Å². The lowest BCUT2D eigenvalue weighted by atomic mass is 10.1. The van der Waals surface area contributed by atoms with Crippen molar-refractivity contribution in [3.8, 4) is 6.07 Å². The Morgan fingerprint density at radius 1 is 1.50 bits per heavy atom. The van der Waals surface area contributed by atoms with Crippen molar-refractivity contribution in [2.45, 2.75) is 6.92 Å². The smallest absolute Gasteiger partial charge is 0.286 e. The number of carbonyl (C=O) groups excluding carboxylic acids is 1. The van der Waals surface area contributed by atoms with Crippen molar-refractivity contribution in [3.63, 3.8) is 0 Å². The van der Waals surface area contributed by atoms with Gasteiger partial charge in [0.05, 0.1) is 11.3 Å². The van der Waals surface area contributed by atoms with Crippen LogP contribution in [-0.2, 0) is 0 Å². The van der Waals surface area contributed by atoms with Gasteiger partial charge < -0.3 is 11.1 Å². The summed E-state index contributed by atoms with van der Waals surface area (Å²) in [7, 11) is 0. The molecular formula is C11H9N5OS. The highest BCUT2D eigenvalue weighted by atomic mass is 32.1. The first-order valence-electron chi connectivity index (χ1n) is 5.02. The van der Waals surface area contributed by atoms with Gasteiger partial charge in [0.25, 0.3) is 5.91 Å². The monoisotopic (exact) mass is 259 g/mol. The standard InChI is InChI=1S/C11H9N5OS/c1-6-3-2-4-8(7(6)5-12)14-9(17)10-15-16-11(13)18-10/h2-4H,1H3,(H2,13,16)(H,14,17). The Labute approximate surface area is 107 Å². The molecule has 3 N–H and O–H groups in total. The number of aromatic nitrogens is 2. The third-order valence-corrected chi connectivity index (χ3v) is 3.02. The lowest BCUT2D eigenvalue weighted by Crippen LogP contribution is -2.13. The molecule has 0 unspecified atom stereocenters. The summed E-state index contributed by atoms with van der Waals surface area (Å²) in [4.78, 5) is 11.8. The van der Waals surface area contributed by atoms with Crippen LogP contribution in [0.3, 0.4) is 0 Å². The van der Waals surface area contributed by atoms with E-state index in [9.17, 15) is 4.79 Å². The molecular weight excluding hydrogens is 250 g/mol. The molecule has 1 aromatic heterocycles. The van der Waals surface area contributed by atoms with E-state index in [2.05, 4.69) is 21.6 Å². The van der Waals surface area contributed by atoms with Crippen molar-refractivity contribution < 1.29 is 4.79 Å². The van der Waals surface area contributed by atoms with Gasteiger partial charge in [-0.05, 0) is 18.6 Å². The first-order valence-corrected chi connectivity index (χ1v) is 5.83. The highest BCUT2D eigenvalue weighted by Crippen LogP contribution is 2.20.